The fraction of sp³-hybridized carbons (Fsp3) is 0.733. The minimum atomic E-state index is -0.608. The van der Waals surface area contributed by atoms with Crippen LogP contribution in [0.25, 0.3) is 0 Å². The molecule has 0 radical (unpaired) electrons. The van der Waals surface area contributed by atoms with Crippen LogP contribution < -0.4 is 5.32 Å². The average molecular weight is 281 g/mol. The highest BCUT2D eigenvalue weighted by atomic mass is 16.5. The first-order chi connectivity index (χ1) is 9.37. The number of nitrogens with one attached hydrogen (secondary N) is 1. The number of rotatable bonds is 8. The summed E-state index contributed by atoms with van der Waals surface area (Å²) in [7, 11) is 1.44. The Hall–Kier alpha value is -1.36. The number of esters is 1. The summed E-state index contributed by atoms with van der Waals surface area (Å²) in [4.78, 5) is 11.9. The van der Waals surface area contributed by atoms with Crippen LogP contribution >= 0.6 is 0 Å². The van der Waals surface area contributed by atoms with Gasteiger partial charge in [-0.15, -0.1) is 0 Å². The molecule has 0 aliphatic carbocycles. The number of unbranched alkanes of at least 4 members (excludes halogenated alkanes) is 1. The van der Waals surface area contributed by atoms with Gasteiger partial charge in [-0.25, -0.2) is 0 Å². The van der Waals surface area contributed by atoms with Crippen molar-refractivity contribution in [3.8, 4) is 0 Å². The lowest BCUT2D eigenvalue weighted by molar-refractivity contribution is -0.148. The Morgan fingerprint density at radius 1 is 1.50 bits per heavy atom. The van der Waals surface area contributed by atoms with Gasteiger partial charge in [-0.05, 0) is 52.5 Å². The maximum atomic E-state index is 11.9. The molecule has 5 heteroatoms. The molecule has 1 unspecified atom stereocenters. The largest absolute Gasteiger partial charge is 0.468 e. The maximum Gasteiger partial charge on any atom is 0.325 e. The fourth-order valence-electron chi connectivity index (χ4n) is 2.44. The van der Waals surface area contributed by atoms with Crippen LogP contribution in [0.5, 0.6) is 0 Å². The summed E-state index contributed by atoms with van der Waals surface area (Å²) < 4.78 is 6.86. The van der Waals surface area contributed by atoms with Crippen LogP contribution in [0.4, 0.5) is 0 Å². The molecule has 0 aromatic carbocycles. The number of methoxy groups -OCH3 is 1. The molecule has 0 fully saturated rings. The number of carbonyl (C=O) groups is 1. The summed E-state index contributed by atoms with van der Waals surface area (Å²) >= 11 is 0. The van der Waals surface area contributed by atoms with Crippen LogP contribution in [0.2, 0.25) is 0 Å². The molecular formula is C15H27N3O2. The SMILES string of the molecule is COC(=O)C(C)(CCCCn1cc(C)cn1)NC(C)C. The van der Waals surface area contributed by atoms with E-state index in [1.165, 1.54) is 12.7 Å². The number of hydrogen-bond acceptors (Lipinski definition) is 4. The Kier molecular flexibility index (Phi) is 6.20. The van der Waals surface area contributed by atoms with Crippen molar-refractivity contribution in [2.24, 2.45) is 0 Å². The molecule has 0 saturated heterocycles. The number of hydrogen-bond donors (Lipinski definition) is 1. The molecule has 1 atom stereocenters. The highest BCUT2D eigenvalue weighted by Gasteiger charge is 2.33. The monoisotopic (exact) mass is 281 g/mol. The third-order valence-corrected chi connectivity index (χ3v) is 3.32. The molecule has 1 aromatic heterocycles. The lowest BCUT2D eigenvalue weighted by atomic mass is 9.94. The van der Waals surface area contributed by atoms with Gasteiger partial charge >= 0.3 is 5.97 Å². The summed E-state index contributed by atoms with van der Waals surface area (Å²) in [5.74, 6) is -0.193. The van der Waals surface area contributed by atoms with Crippen LogP contribution in [0.1, 0.15) is 45.6 Å². The molecule has 1 aromatic rings. The normalized spacial score (nSPS) is 14.3. The van der Waals surface area contributed by atoms with E-state index in [1.807, 2.05) is 44.8 Å². The molecule has 1 N–H and O–H groups in total. The van der Waals surface area contributed by atoms with Crippen molar-refractivity contribution in [1.82, 2.24) is 15.1 Å². The topological polar surface area (TPSA) is 56.2 Å². The second-order valence-electron chi connectivity index (χ2n) is 5.86. The van der Waals surface area contributed by atoms with Crippen molar-refractivity contribution in [2.45, 2.75) is 65.1 Å². The average Bonchev–Trinajstić information content (AvgIpc) is 2.78. The van der Waals surface area contributed by atoms with Gasteiger partial charge in [-0.1, -0.05) is 0 Å². The predicted molar refractivity (Wildman–Crippen MR) is 79.5 cm³/mol. The minimum Gasteiger partial charge on any atom is -0.468 e. The number of aryl methyl sites for hydroxylation is 2. The second kappa shape index (κ2) is 7.43. The third-order valence-electron chi connectivity index (χ3n) is 3.32. The Balaban J connectivity index is 2.44. The first kappa shape index (κ1) is 16.7. The zero-order valence-corrected chi connectivity index (χ0v) is 13.3. The van der Waals surface area contributed by atoms with E-state index in [4.69, 9.17) is 4.74 Å². The summed E-state index contributed by atoms with van der Waals surface area (Å²) in [6, 6.07) is 0.243. The van der Waals surface area contributed by atoms with E-state index in [0.29, 0.717) is 0 Å². The van der Waals surface area contributed by atoms with Gasteiger partial charge in [0.2, 0.25) is 0 Å². The van der Waals surface area contributed by atoms with Gasteiger partial charge in [-0.2, -0.15) is 5.10 Å². The van der Waals surface area contributed by atoms with Crippen LogP contribution in [0, 0.1) is 6.92 Å². The third kappa shape index (κ3) is 4.96. The van der Waals surface area contributed by atoms with Crippen LogP contribution in [-0.4, -0.2) is 34.4 Å². The lowest BCUT2D eigenvalue weighted by Crippen LogP contribution is -2.52. The van der Waals surface area contributed by atoms with E-state index in [2.05, 4.69) is 10.4 Å². The number of nitrogens with zero attached hydrogens (tertiary/aromatic N) is 2. The van der Waals surface area contributed by atoms with Gasteiger partial charge in [0.1, 0.15) is 5.54 Å². The Labute approximate surface area is 121 Å². The second-order valence-corrected chi connectivity index (χ2v) is 5.86. The van der Waals surface area contributed by atoms with Crippen molar-refractivity contribution in [3.05, 3.63) is 18.0 Å². The van der Waals surface area contributed by atoms with E-state index < -0.39 is 5.54 Å². The molecular weight excluding hydrogens is 254 g/mol. The van der Waals surface area contributed by atoms with Crippen molar-refractivity contribution in [2.75, 3.05) is 7.11 Å². The van der Waals surface area contributed by atoms with Gasteiger partial charge in [-0.3, -0.25) is 14.8 Å². The Morgan fingerprint density at radius 2 is 2.20 bits per heavy atom. The van der Waals surface area contributed by atoms with Crippen molar-refractivity contribution in [3.63, 3.8) is 0 Å². The molecule has 1 heterocycles. The Bertz CT molecular complexity index is 429. The van der Waals surface area contributed by atoms with Crippen LogP contribution in [0.3, 0.4) is 0 Å². The van der Waals surface area contributed by atoms with E-state index in [0.717, 1.165) is 25.8 Å². The molecule has 0 aliphatic rings. The fourth-order valence-corrected chi connectivity index (χ4v) is 2.44. The van der Waals surface area contributed by atoms with E-state index in [-0.39, 0.29) is 12.0 Å². The van der Waals surface area contributed by atoms with E-state index in [9.17, 15) is 4.79 Å². The molecule has 1 rings (SSSR count). The molecule has 0 saturated carbocycles. The summed E-state index contributed by atoms with van der Waals surface area (Å²) in [6.07, 6.45) is 6.60. The predicted octanol–water partition coefficient (Wildman–Crippen LogP) is 2.29. The summed E-state index contributed by atoms with van der Waals surface area (Å²) in [5.41, 5.74) is 0.564. The highest BCUT2D eigenvalue weighted by molar-refractivity contribution is 5.80. The number of aromatic nitrogens is 2. The first-order valence-corrected chi connectivity index (χ1v) is 7.22. The van der Waals surface area contributed by atoms with Gasteiger partial charge < -0.3 is 4.74 Å². The molecule has 0 bridgehead atoms. The van der Waals surface area contributed by atoms with Gasteiger partial charge in [0.25, 0.3) is 0 Å². The van der Waals surface area contributed by atoms with Crippen LogP contribution in [-0.2, 0) is 16.1 Å². The van der Waals surface area contributed by atoms with Crippen molar-refractivity contribution < 1.29 is 9.53 Å². The molecule has 5 nitrogen and oxygen atoms in total. The van der Waals surface area contributed by atoms with Crippen molar-refractivity contribution in [1.29, 1.82) is 0 Å². The van der Waals surface area contributed by atoms with Gasteiger partial charge in [0.15, 0.2) is 0 Å². The molecule has 0 aliphatic heterocycles. The van der Waals surface area contributed by atoms with Crippen molar-refractivity contribution >= 4 is 5.97 Å². The summed E-state index contributed by atoms with van der Waals surface area (Å²) in [5, 5.41) is 7.57. The van der Waals surface area contributed by atoms with Crippen LogP contribution in [0.15, 0.2) is 12.4 Å². The minimum absolute atomic E-state index is 0.193. The molecule has 0 amide bonds. The number of carbonyl (C=O) groups excluding carboxylic acids is 1. The lowest BCUT2D eigenvalue weighted by Gasteiger charge is -2.30. The van der Waals surface area contributed by atoms with E-state index in [1.54, 1.807) is 0 Å². The molecule has 114 valence electrons. The quantitative estimate of drug-likeness (QED) is 0.587. The maximum absolute atomic E-state index is 11.9. The standard InChI is InChI=1S/C15H27N3O2/c1-12(2)17-15(4,14(19)20-5)8-6-7-9-18-11-13(3)10-16-18/h10-12,17H,6-9H2,1-5H3. The molecule has 0 spiro atoms. The zero-order chi connectivity index (χ0) is 15.2. The van der Waals surface area contributed by atoms with E-state index >= 15 is 0 Å². The molecule has 20 heavy (non-hydrogen) atoms. The Morgan fingerprint density at radius 3 is 2.70 bits per heavy atom. The first-order valence-electron chi connectivity index (χ1n) is 7.22. The zero-order valence-electron chi connectivity index (χ0n) is 13.3. The smallest absolute Gasteiger partial charge is 0.325 e. The van der Waals surface area contributed by atoms with Gasteiger partial charge in [0, 0.05) is 18.8 Å². The van der Waals surface area contributed by atoms with Gasteiger partial charge in [0.05, 0.1) is 13.3 Å². The number of ether oxygens (including phenoxy) is 1. The highest BCUT2D eigenvalue weighted by Crippen LogP contribution is 2.17. The summed E-state index contributed by atoms with van der Waals surface area (Å²) in [6.45, 7) is 8.90.